The summed E-state index contributed by atoms with van der Waals surface area (Å²) in [4.78, 5) is 24.1. The van der Waals surface area contributed by atoms with Crippen LogP contribution >= 0.6 is 11.6 Å². The molecule has 3 aromatic rings. The van der Waals surface area contributed by atoms with E-state index in [-0.39, 0.29) is 5.91 Å². The zero-order valence-corrected chi connectivity index (χ0v) is 22.5. The number of halogens is 1. The van der Waals surface area contributed by atoms with E-state index in [4.69, 9.17) is 21.1 Å². The van der Waals surface area contributed by atoms with Crippen LogP contribution in [0.2, 0.25) is 5.02 Å². The van der Waals surface area contributed by atoms with Crippen molar-refractivity contribution in [3.63, 3.8) is 0 Å². The first-order valence-electron chi connectivity index (χ1n) is 12.4. The van der Waals surface area contributed by atoms with Crippen LogP contribution in [0.25, 0.3) is 11.1 Å². The van der Waals surface area contributed by atoms with Gasteiger partial charge in [-0.15, -0.1) is 0 Å². The number of unbranched alkanes of at least 4 members (excludes halogenated alkanes) is 1. The first-order chi connectivity index (χ1) is 17.6. The second kappa shape index (κ2) is 12.6. The zero-order chi connectivity index (χ0) is 27.0. The van der Waals surface area contributed by atoms with E-state index in [1.807, 2.05) is 43.3 Å². The second-order valence-electron chi connectivity index (χ2n) is 9.44. The number of hydrogen-bond donors (Lipinski definition) is 2. The molecule has 0 saturated heterocycles. The average molecular weight is 524 g/mol. The fourth-order valence-corrected chi connectivity index (χ4v) is 3.85. The van der Waals surface area contributed by atoms with Gasteiger partial charge in [0, 0.05) is 11.6 Å². The van der Waals surface area contributed by atoms with Gasteiger partial charge in [0.05, 0.1) is 12.2 Å². The summed E-state index contributed by atoms with van der Waals surface area (Å²) < 4.78 is 11.5. The maximum absolute atomic E-state index is 12.8. The minimum absolute atomic E-state index is 0.213. The van der Waals surface area contributed by atoms with Crippen molar-refractivity contribution in [2.24, 2.45) is 0 Å². The molecule has 7 heteroatoms. The standard InChI is InChI=1S/C30H34ClNO5/c1-5-6-17-36-27-14-12-24(31)19-25(27)28(33)32-16-15-21-7-9-22(10-8-21)23-11-13-26(20(2)18-23)37-30(3,4)29(34)35/h7-14,18-19H,5-6,15-17H2,1-4H3,(H,32,33)(H,34,35). The molecule has 0 heterocycles. The lowest BCUT2D eigenvalue weighted by molar-refractivity contribution is -0.152. The Morgan fingerprint density at radius 1 is 0.973 bits per heavy atom. The summed E-state index contributed by atoms with van der Waals surface area (Å²) in [5.41, 5.74) is 3.13. The minimum Gasteiger partial charge on any atom is -0.493 e. The zero-order valence-electron chi connectivity index (χ0n) is 21.8. The average Bonchev–Trinajstić information content (AvgIpc) is 2.86. The lowest BCUT2D eigenvalue weighted by Crippen LogP contribution is -2.38. The van der Waals surface area contributed by atoms with Crippen molar-refractivity contribution in [1.29, 1.82) is 0 Å². The maximum atomic E-state index is 12.8. The summed E-state index contributed by atoms with van der Waals surface area (Å²) in [5.74, 6) is -0.148. The number of carbonyl (C=O) groups is 2. The number of carboxylic acids is 1. The van der Waals surface area contributed by atoms with Crippen molar-refractivity contribution in [2.75, 3.05) is 13.2 Å². The van der Waals surface area contributed by atoms with Gasteiger partial charge in [-0.1, -0.05) is 55.3 Å². The molecule has 0 spiro atoms. The highest BCUT2D eigenvalue weighted by atomic mass is 35.5. The van der Waals surface area contributed by atoms with Gasteiger partial charge in [0.2, 0.25) is 0 Å². The summed E-state index contributed by atoms with van der Waals surface area (Å²) >= 11 is 6.11. The fourth-order valence-electron chi connectivity index (χ4n) is 3.67. The summed E-state index contributed by atoms with van der Waals surface area (Å²) in [5, 5.41) is 12.8. The molecular weight excluding hydrogens is 490 g/mol. The van der Waals surface area contributed by atoms with Crippen LogP contribution in [0.5, 0.6) is 11.5 Å². The smallest absolute Gasteiger partial charge is 0.347 e. The van der Waals surface area contributed by atoms with Crippen molar-refractivity contribution in [3.8, 4) is 22.6 Å². The molecule has 196 valence electrons. The Kier molecular flexibility index (Phi) is 9.59. The molecule has 0 aliphatic carbocycles. The third-order valence-corrected chi connectivity index (χ3v) is 6.22. The number of benzene rings is 3. The number of carbonyl (C=O) groups excluding carboxylic acids is 1. The van der Waals surface area contributed by atoms with Crippen molar-refractivity contribution >= 4 is 23.5 Å². The largest absolute Gasteiger partial charge is 0.493 e. The Balaban J connectivity index is 1.59. The molecule has 2 N–H and O–H groups in total. The lowest BCUT2D eigenvalue weighted by Gasteiger charge is -2.23. The van der Waals surface area contributed by atoms with Gasteiger partial charge >= 0.3 is 5.97 Å². The minimum atomic E-state index is -1.31. The van der Waals surface area contributed by atoms with Crippen molar-refractivity contribution in [2.45, 2.75) is 52.6 Å². The molecule has 0 unspecified atom stereocenters. The first-order valence-corrected chi connectivity index (χ1v) is 12.8. The summed E-state index contributed by atoms with van der Waals surface area (Å²) in [6.45, 7) is 8.07. The topological polar surface area (TPSA) is 84.9 Å². The van der Waals surface area contributed by atoms with Crippen molar-refractivity contribution in [3.05, 3.63) is 82.4 Å². The Morgan fingerprint density at radius 3 is 2.30 bits per heavy atom. The molecule has 0 radical (unpaired) electrons. The second-order valence-corrected chi connectivity index (χ2v) is 9.88. The fraction of sp³-hybridized carbons (Fsp3) is 0.333. The van der Waals surface area contributed by atoms with Crippen LogP contribution in [0.3, 0.4) is 0 Å². The number of ether oxygens (including phenoxy) is 2. The van der Waals surface area contributed by atoms with Gasteiger partial charge in [-0.2, -0.15) is 0 Å². The molecule has 0 atom stereocenters. The van der Waals surface area contributed by atoms with Gasteiger partial charge in [0.25, 0.3) is 5.91 Å². The first kappa shape index (κ1) is 28.1. The molecule has 1 amide bonds. The number of rotatable bonds is 12. The molecule has 37 heavy (non-hydrogen) atoms. The quantitative estimate of drug-likeness (QED) is 0.258. The normalized spacial score (nSPS) is 11.2. The summed E-state index contributed by atoms with van der Waals surface area (Å²) in [6, 6.07) is 18.9. The number of hydrogen-bond acceptors (Lipinski definition) is 4. The Hall–Kier alpha value is -3.51. The van der Waals surface area contributed by atoms with E-state index >= 15 is 0 Å². The summed E-state index contributed by atoms with van der Waals surface area (Å²) in [7, 11) is 0. The van der Waals surface area contributed by atoms with Crippen LogP contribution in [-0.4, -0.2) is 35.7 Å². The third-order valence-electron chi connectivity index (χ3n) is 5.98. The predicted molar refractivity (Wildman–Crippen MR) is 147 cm³/mol. The van der Waals surface area contributed by atoms with Gasteiger partial charge in [-0.3, -0.25) is 4.79 Å². The molecule has 3 aromatic carbocycles. The van der Waals surface area contributed by atoms with Gasteiger partial charge < -0.3 is 19.9 Å². The lowest BCUT2D eigenvalue weighted by atomic mass is 10.0. The molecule has 0 aliphatic heterocycles. The van der Waals surface area contributed by atoms with E-state index in [1.54, 1.807) is 24.3 Å². The van der Waals surface area contributed by atoms with E-state index in [9.17, 15) is 14.7 Å². The number of carboxylic acid groups (broad SMARTS) is 1. The number of amides is 1. The maximum Gasteiger partial charge on any atom is 0.347 e. The van der Waals surface area contributed by atoms with Gasteiger partial charge in [0.1, 0.15) is 11.5 Å². The van der Waals surface area contributed by atoms with E-state index in [0.717, 1.165) is 35.1 Å². The van der Waals surface area contributed by atoms with Gasteiger partial charge in [0.15, 0.2) is 5.60 Å². The highest BCUT2D eigenvalue weighted by molar-refractivity contribution is 6.31. The monoisotopic (exact) mass is 523 g/mol. The number of aliphatic carboxylic acids is 1. The van der Waals surface area contributed by atoms with Gasteiger partial charge in [-0.25, -0.2) is 4.79 Å². The highest BCUT2D eigenvalue weighted by Gasteiger charge is 2.29. The Bertz CT molecular complexity index is 1240. The molecule has 0 aliphatic rings. The van der Waals surface area contributed by atoms with Crippen LogP contribution in [0, 0.1) is 6.92 Å². The molecule has 0 aromatic heterocycles. The molecule has 0 fully saturated rings. The van der Waals surface area contributed by atoms with Crippen LogP contribution in [0.4, 0.5) is 0 Å². The Labute approximate surface area is 223 Å². The molecular formula is C30H34ClNO5. The number of nitrogens with one attached hydrogen (secondary N) is 1. The van der Waals surface area contributed by atoms with Gasteiger partial charge in [-0.05, 0) is 86.2 Å². The van der Waals surface area contributed by atoms with Crippen LogP contribution in [0.1, 0.15) is 55.1 Å². The van der Waals surface area contributed by atoms with E-state index in [0.29, 0.717) is 41.7 Å². The van der Waals surface area contributed by atoms with Crippen LogP contribution in [0.15, 0.2) is 60.7 Å². The van der Waals surface area contributed by atoms with E-state index < -0.39 is 11.6 Å². The third kappa shape index (κ3) is 7.73. The van der Waals surface area contributed by atoms with E-state index in [2.05, 4.69) is 12.2 Å². The molecule has 0 saturated carbocycles. The number of aryl methyl sites for hydroxylation is 1. The predicted octanol–water partition coefficient (Wildman–Crippen LogP) is 6.71. The van der Waals surface area contributed by atoms with E-state index in [1.165, 1.54) is 13.8 Å². The van der Waals surface area contributed by atoms with Crippen molar-refractivity contribution < 1.29 is 24.2 Å². The van der Waals surface area contributed by atoms with Crippen LogP contribution < -0.4 is 14.8 Å². The highest BCUT2D eigenvalue weighted by Crippen LogP contribution is 2.29. The molecule has 3 rings (SSSR count). The molecule has 0 bridgehead atoms. The molecule has 6 nitrogen and oxygen atoms in total. The SMILES string of the molecule is CCCCOc1ccc(Cl)cc1C(=O)NCCc1ccc(-c2ccc(OC(C)(C)C(=O)O)c(C)c2)cc1. The van der Waals surface area contributed by atoms with Crippen molar-refractivity contribution in [1.82, 2.24) is 5.32 Å². The summed E-state index contributed by atoms with van der Waals surface area (Å²) in [6.07, 6.45) is 2.60. The van der Waals surface area contributed by atoms with Crippen LogP contribution in [-0.2, 0) is 11.2 Å². The Morgan fingerprint density at radius 2 is 1.65 bits per heavy atom.